The number of hydrogen-bond acceptors (Lipinski definition) is 5. The first kappa shape index (κ1) is 15.0. The van der Waals surface area contributed by atoms with Gasteiger partial charge in [0.15, 0.2) is 4.90 Å². The molecule has 2 aromatic rings. The quantitative estimate of drug-likeness (QED) is 0.771. The molecular formula is C11H15N5O4S. The van der Waals surface area contributed by atoms with Crippen molar-refractivity contribution >= 4 is 15.7 Å². The van der Waals surface area contributed by atoms with Gasteiger partial charge in [-0.25, -0.2) is 13.2 Å². The summed E-state index contributed by atoms with van der Waals surface area (Å²) in [4.78, 5) is 23.1. The van der Waals surface area contributed by atoms with Crippen molar-refractivity contribution in [1.29, 1.82) is 0 Å². The molecule has 0 saturated heterocycles. The van der Waals surface area contributed by atoms with E-state index in [9.17, 15) is 18.0 Å². The van der Waals surface area contributed by atoms with E-state index in [2.05, 4.69) is 14.9 Å². The molecule has 0 atom stereocenters. The Bertz CT molecular complexity index is 900. The van der Waals surface area contributed by atoms with Gasteiger partial charge in [-0.15, -0.1) is 0 Å². The number of rotatable bonds is 3. The molecule has 0 radical (unpaired) electrons. The average Bonchev–Trinajstić information content (AvgIpc) is 2.71. The smallest absolute Gasteiger partial charge is 0.302 e. The molecule has 0 aliphatic carbocycles. The van der Waals surface area contributed by atoms with Gasteiger partial charge in [-0.2, -0.15) is 5.10 Å². The monoisotopic (exact) mass is 313 g/mol. The van der Waals surface area contributed by atoms with Gasteiger partial charge in [0, 0.05) is 20.3 Å². The number of hydrogen-bond donors (Lipinski definition) is 2. The number of anilines is 1. The van der Waals surface area contributed by atoms with Gasteiger partial charge in [0.2, 0.25) is 0 Å². The van der Waals surface area contributed by atoms with Gasteiger partial charge in [0.05, 0.1) is 17.1 Å². The highest BCUT2D eigenvalue weighted by atomic mass is 32.2. The largest absolute Gasteiger partial charge is 0.330 e. The van der Waals surface area contributed by atoms with Crippen LogP contribution >= 0.6 is 0 Å². The molecule has 114 valence electrons. The van der Waals surface area contributed by atoms with Crippen LogP contribution in [0.1, 0.15) is 11.4 Å². The molecule has 0 aliphatic heterocycles. The molecular weight excluding hydrogens is 298 g/mol. The third-order valence-corrected chi connectivity index (χ3v) is 4.40. The second kappa shape index (κ2) is 4.88. The van der Waals surface area contributed by atoms with Crippen molar-refractivity contribution in [3.63, 3.8) is 0 Å². The number of H-pyrrole nitrogens is 1. The van der Waals surface area contributed by atoms with E-state index in [1.165, 1.54) is 14.1 Å². The van der Waals surface area contributed by atoms with Crippen LogP contribution in [0.2, 0.25) is 0 Å². The van der Waals surface area contributed by atoms with E-state index in [4.69, 9.17) is 0 Å². The summed E-state index contributed by atoms with van der Waals surface area (Å²) in [6.07, 6.45) is 0.998. The van der Waals surface area contributed by atoms with Crippen molar-refractivity contribution in [1.82, 2.24) is 19.3 Å². The summed E-state index contributed by atoms with van der Waals surface area (Å²) in [6.45, 7) is 3.27. The van der Waals surface area contributed by atoms with Crippen molar-refractivity contribution in [3.05, 3.63) is 38.4 Å². The third-order valence-electron chi connectivity index (χ3n) is 3.07. The normalized spacial score (nSPS) is 11.6. The Balaban J connectivity index is 2.61. The Labute approximate surface area is 120 Å². The molecule has 10 heteroatoms. The Hall–Kier alpha value is -2.36. The number of aromatic amines is 1. The highest BCUT2D eigenvalue weighted by Crippen LogP contribution is 2.19. The molecule has 2 N–H and O–H groups in total. The molecule has 0 bridgehead atoms. The topological polar surface area (TPSA) is 119 Å². The molecule has 0 saturated carbocycles. The summed E-state index contributed by atoms with van der Waals surface area (Å²) in [5, 5.41) is 6.52. The number of nitrogens with one attached hydrogen (secondary N) is 2. The molecule has 2 rings (SSSR count). The van der Waals surface area contributed by atoms with Crippen LogP contribution < -0.4 is 16.0 Å². The van der Waals surface area contributed by atoms with Crippen LogP contribution in [0.25, 0.3) is 0 Å². The van der Waals surface area contributed by atoms with Gasteiger partial charge >= 0.3 is 5.69 Å². The van der Waals surface area contributed by atoms with Crippen LogP contribution in [0.3, 0.4) is 0 Å². The molecule has 2 aromatic heterocycles. The molecule has 21 heavy (non-hydrogen) atoms. The Morgan fingerprint density at radius 1 is 1.24 bits per heavy atom. The van der Waals surface area contributed by atoms with E-state index < -0.39 is 26.2 Å². The second-order valence-electron chi connectivity index (χ2n) is 4.67. The minimum atomic E-state index is -4.12. The van der Waals surface area contributed by atoms with Crippen LogP contribution in [-0.2, 0) is 24.1 Å². The highest BCUT2D eigenvalue weighted by Gasteiger charge is 2.23. The number of aromatic nitrogens is 4. The first-order valence-corrected chi connectivity index (χ1v) is 7.44. The molecule has 2 heterocycles. The van der Waals surface area contributed by atoms with Gasteiger partial charge < -0.3 is 4.57 Å². The fourth-order valence-electron chi connectivity index (χ4n) is 1.85. The molecule has 0 unspecified atom stereocenters. The van der Waals surface area contributed by atoms with Gasteiger partial charge in [0.1, 0.15) is 0 Å². The van der Waals surface area contributed by atoms with Crippen LogP contribution in [-0.4, -0.2) is 27.7 Å². The van der Waals surface area contributed by atoms with Crippen LogP contribution in [0, 0.1) is 13.8 Å². The highest BCUT2D eigenvalue weighted by molar-refractivity contribution is 7.92. The van der Waals surface area contributed by atoms with Crippen LogP contribution in [0.5, 0.6) is 0 Å². The summed E-state index contributed by atoms with van der Waals surface area (Å²) in [5.74, 6) is 0. The standard InChI is InChI=1S/C11H15N5O4S/c1-6-9(7(2)13-12-6)14-21(19,20)8-5-15(3)11(18)16(4)10(8)17/h5,14H,1-4H3,(H,12,13). The first-order valence-electron chi connectivity index (χ1n) is 5.96. The number of sulfonamides is 1. The third kappa shape index (κ3) is 2.49. The number of aryl methyl sites for hydroxylation is 3. The second-order valence-corrected chi connectivity index (χ2v) is 6.32. The lowest BCUT2D eigenvalue weighted by molar-refractivity contribution is 0.589. The molecule has 0 fully saturated rings. The van der Waals surface area contributed by atoms with Crippen molar-refractivity contribution in [3.8, 4) is 0 Å². The van der Waals surface area contributed by atoms with Gasteiger partial charge in [-0.1, -0.05) is 0 Å². The lowest BCUT2D eigenvalue weighted by Crippen LogP contribution is -2.40. The van der Waals surface area contributed by atoms with E-state index in [0.717, 1.165) is 15.3 Å². The van der Waals surface area contributed by atoms with E-state index in [-0.39, 0.29) is 5.69 Å². The summed E-state index contributed by atoms with van der Waals surface area (Å²) in [7, 11) is -1.53. The Kier molecular flexibility index (Phi) is 3.49. The summed E-state index contributed by atoms with van der Waals surface area (Å²) >= 11 is 0. The van der Waals surface area contributed by atoms with Crippen molar-refractivity contribution in [2.24, 2.45) is 14.1 Å². The fraction of sp³-hybridized carbons (Fsp3) is 0.364. The summed E-state index contributed by atoms with van der Waals surface area (Å²) < 4.78 is 28.8. The maximum atomic E-state index is 12.4. The zero-order valence-corrected chi connectivity index (χ0v) is 12.8. The average molecular weight is 313 g/mol. The van der Waals surface area contributed by atoms with E-state index in [0.29, 0.717) is 11.4 Å². The lowest BCUT2D eigenvalue weighted by Gasteiger charge is -2.10. The SMILES string of the molecule is Cc1n[nH]c(C)c1NS(=O)(=O)c1cn(C)c(=O)n(C)c1=O. The molecule has 0 amide bonds. The zero-order chi connectivity index (χ0) is 15.9. The fourth-order valence-corrected chi connectivity index (χ4v) is 3.19. The van der Waals surface area contributed by atoms with Gasteiger partial charge in [0.25, 0.3) is 15.6 Å². The van der Waals surface area contributed by atoms with E-state index >= 15 is 0 Å². The first-order chi connectivity index (χ1) is 9.65. The molecule has 0 aliphatic rings. The van der Waals surface area contributed by atoms with Gasteiger partial charge in [-0.3, -0.25) is 19.2 Å². The summed E-state index contributed by atoms with van der Waals surface area (Å²) in [6, 6.07) is 0. The minimum Gasteiger partial charge on any atom is -0.302 e. The summed E-state index contributed by atoms with van der Waals surface area (Å²) in [5.41, 5.74) is -0.222. The minimum absolute atomic E-state index is 0.283. The zero-order valence-electron chi connectivity index (χ0n) is 12.0. The van der Waals surface area contributed by atoms with Crippen molar-refractivity contribution in [2.45, 2.75) is 18.7 Å². The van der Waals surface area contributed by atoms with Crippen LogP contribution in [0.4, 0.5) is 5.69 Å². The Morgan fingerprint density at radius 3 is 2.38 bits per heavy atom. The molecule has 0 spiro atoms. The maximum Gasteiger partial charge on any atom is 0.330 e. The van der Waals surface area contributed by atoms with E-state index in [1.54, 1.807) is 13.8 Å². The predicted molar refractivity (Wildman–Crippen MR) is 75.8 cm³/mol. The van der Waals surface area contributed by atoms with E-state index in [1.807, 2.05) is 0 Å². The predicted octanol–water partition coefficient (Wildman–Crippen LogP) is -0.775. The lowest BCUT2D eigenvalue weighted by atomic mass is 10.3. The maximum absolute atomic E-state index is 12.4. The molecule has 0 aromatic carbocycles. The molecule has 9 nitrogen and oxygen atoms in total. The Morgan fingerprint density at radius 2 is 1.86 bits per heavy atom. The van der Waals surface area contributed by atoms with Crippen molar-refractivity contribution < 1.29 is 8.42 Å². The van der Waals surface area contributed by atoms with Gasteiger partial charge in [-0.05, 0) is 13.8 Å². The van der Waals surface area contributed by atoms with Crippen LogP contribution in [0.15, 0.2) is 20.7 Å². The number of nitrogens with zero attached hydrogens (tertiary/aromatic N) is 3. The van der Waals surface area contributed by atoms with Crippen molar-refractivity contribution in [2.75, 3.05) is 4.72 Å².